The lowest BCUT2D eigenvalue weighted by molar-refractivity contribution is 0.0510. The number of carbonyl (C=O) groups excluding carboxylic acids is 1. The van der Waals surface area contributed by atoms with E-state index in [-0.39, 0.29) is 17.8 Å². The minimum Gasteiger partial charge on any atom is -0.376 e. The number of hydrogen-bond donors (Lipinski definition) is 0. The van der Waals surface area contributed by atoms with E-state index < -0.39 is 0 Å². The molecule has 0 bridgehead atoms. The van der Waals surface area contributed by atoms with E-state index >= 15 is 0 Å². The Balaban J connectivity index is 1.55. The summed E-state index contributed by atoms with van der Waals surface area (Å²) >= 11 is 2.99. The number of halogens is 1. The van der Waals surface area contributed by atoms with Crippen LogP contribution in [0.2, 0.25) is 0 Å². The van der Waals surface area contributed by atoms with Gasteiger partial charge in [-0.05, 0) is 42.0 Å². The van der Waals surface area contributed by atoms with Gasteiger partial charge in [0.1, 0.15) is 15.7 Å². The number of amides is 1. The molecule has 0 saturated carbocycles. The molecule has 4 nitrogen and oxygen atoms in total. The second kappa shape index (κ2) is 8.29. The first-order valence-corrected chi connectivity index (χ1v) is 10.5. The number of hydrogen-bond acceptors (Lipinski definition) is 5. The molecule has 0 N–H and O–H groups in total. The van der Waals surface area contributed by atoms with Crippen LogP contribution in [-0.2, 0) is 11.3 Å². The number of rotatable bonds is 6. The van der Waals surface area contributed by atoms with Gasteiger partial charge in [0.15, 0.2) is 0 Å². The number of carbonyl (C=O) groups is 1. The molecule has 4 rings (SSSR count). The van der Waals surface area contributed by atoms with Crippen LogP contribution in [0.5, 0.6) is 0 Å². The zero-order valence-electron chi connectivity index (χ0n) is 14.6. The van der Waals surface area contributed by atoms with Crippen LogP contribution in [0.15, 0.2) is 48.0 Å². The van der Waals surface area contributed by atoms with Gasteiger partial charge < -0.3 is 9.64 Å². The maximum atomic E-state index is 13.6. The Morgan fingerprint density at radius 1 is 1.33 bits per heavy atom. The SMILES string of the molecule is O=C(c1cnc(-c2cccs2)s1)N(Cc1cccc(F)c1)CC1CCCO1. The maximum absolute atomic E-state index is 13.6. The summed E-state index contributed by atoms with van der Waals surface area (Å²) < 4.78 is 19.3. The van der Waals surface area contributed by atoms with Crippen molar-refractivity contribution in [2.45, 2.75) is 25.5 Å². The van der Waals surface area contributed by atoms with Crippen LogP contribution in [0.1, 0.15) is 28.1 Å². The minimum atomic E-state index is -0.296. The van der Waals surface area contributed by atoms with Gasteiger partial charge in [-0.15, -0.1) is 22.7 Å². The van der Waals surface area contributed by atoms with Gasteiger partial charge in [-0.3, -0.25) is 4.79 Å². The molecule has 1 amide bonds. The van der Waals surface area contributed by atoms with Crippen molar-refractivity contribution in [1.29, 1.82) is 0 Å². The average Bonchev–Trinajstić information content (AvgIpc) is 3.41. The van der Waals surface area contributed by atoms with E-state index in [4.69, 9.17) is 4.74 Å². The standard InChI is InChI=1S/C20H19FN2O2S2/c21-15-5-1-4-14(10-15)12-23(13-16-6-2-8-25-16)20(24)18-11-22-19(27-18)17-7-3-9-26-17/h1,3-5,7,9-11,16H,2,6,8,12-13H2. The zero-order chi connectivity index (χ0) is 18.6. The second-order valence-electron chi connectivity index (χ2n) is 6.46. The first kappa shape index (κ1) is 18.3. The number of nitrogens with zero attached hydrogens (tertiary/aromatic N) is 2. The molecular formula is C20H19FN2O2S2. The topological polar surface area (TPSA) is 42.4 Å². The van der Waals surface area contributed by atoms with Gasteiger partial charge in [0, 0.05) is 19.7 Å². The van der Waals surface area contributed by atoms with Gasteiger partial charge in [0.2, 0.25) is 0 Å². The summed E-state index contributed by atoms with van der Waals surface area (Å²) in [5.41, 5.74) is 0.768. The summed E-state index contributed by atoms with van der Waals surface area (Å²) in [6, 6.07) is 10.3. The largest absolute Gasteiger partial charge is 0.376 e. The number of thiophene rings is 1. The quantitative estimate of drug-likeness (QED) is 0.593. The third-order valence-electron chi connectivity index (χ3n) is 4.45. The lowest BCUT2D eigenvalue weighted by Gasteiger charge is -2.25. The smallest absolute Gasteiger partial charge is 0.265 e. The normalized spacial score (nSPS) is 16.6. The Labute approximate surface area is 165 Å². The fourth-order valence-electron chi connectivity index (χ4n) is 3.15. The molecule has 1 aromatic carbocycles. The third-order valence-corrected chi connectivity index (χ3v) is 6.47. The van der Waals surface area contributed by atoms with Crippen molar-refractivity contribution in [3.63, 3.8) is 0 Å². The Bertz CT molecular complexity index is 904. The molecule has 1 saturated heterocycles. The van der Waals surface area contributed by atoms with Crippen molar-refractivity contribution in [3.05, 3.63) is 64.2 Å². The molecule has 0 aliphatic carbocycles. The summed E-state index contributed by atoms with van der Waals surface area (Å²) in [7, 11) is 0. The van der Waals surface area contributed by atoms with Gasteiger partial charge >= 0.3 is 0 Å². The van der Waals surface area contributed by atoms with Crippen LogP contribution in [0, 0.1) is 5.82 Å². The Kier molecular flexibility index (Phi) is 5.61. The minimum absolute atomic E-state index is 0.0344. The van der Waals surface area contributed by atoms with Crippen molar-refractivity contribution in [2.24, 2.45) is 0 Å². The third kappa shape index (κ3) is 4.43. The van der Waals surface area contributed by atoms with Crippen LogP contribution in [0.3, 0.4) is 0 Å². The van der Waals surface area contributed by atoms with Crippen molar-refractivity contribution in [2.75, 3.05) is 13.2 Å². The molecule has 1 fully saturated rings. The van der Waals surface area contributed by atoms with Gasteiger partial charge in [0.25, 0.3) is 5.91 Å². The van der Waals surface area contributed by atoms with Crippen LogP contribution >= 0.6 is 22.7 Å². The molecule has 0 spiro atoms. The number of thiazole rings is 1. The molecule has 0 radical (unpaired) electrons. The van der Waals surface area contributed by atoms with Crippen molar-refractivity contribution in [3.8, 4) is 9.88 Å². The molecule has 1 aliphatic rings. The van der Waals surface area contributed by atoms with Crippen LogP contribution < -0.4 is 0 Å². The van der Waals surface area contributed by atoms with E-state index in [0.717, 1.165) is 34.9 Å². The van der Waals surface area contributed by atoms with Crippen LogP contribution in [0.4, 0.5) is 4.39 Å². The van der Waals surface area contributed by atoms with E-state index in [1.807, 2.05) is 23.6 Å². The maximum Gasteiger partial charge on any atom is 0.265 e. The van der Waals surface area contributed by atoms with Gasteiger partial charge in [-0.1, -0.05) is 18.2 Å². The second-order valence-corrected chi connectivity index (χ2v) is 8.44. The van der Waals surface area contributed by atoms with E-state index in [1.54, 1.807) is 28.5 Å². The predicted molar refractivity (Wildman–Crippen MR) is 106 cm³/mol. The monoisotopic (exact) mass is 402 g/mol. The zero-order valence-corrected chi connectivity index (χ0v) is 16.3. The molecule has 3 aromatic rings. The number of ether oxygens (including phenoxy) is 1. The number of benzene rings is 1. The van der Waals surface area contributed by atoms with Crippen molar-refractivity contribution >= 4 is 28.6 Å². The molecule has 1 atom stereocenters. The van der Waals surface area contributed by atoms with E-state index in [2.05, 4.69) is 4.98 Å². The average molecular weight is 403 g/mol. The summed E-state index contributed by atoms with van der Waals surface area (Å²) in [6.07, 6.45) is 3.62. The highest BCUT2D eigenvalue weighted by Gasteiger charge is 2.25. The van der Waals surface area contributed by atoms with E-state index in [1.165, 1.54) is 23.5 Å². The fourth-order valence-corrected chi connectivity index (χ4v) is 4.84. The molecule has 3 heterocycles. The molecule has 7 heteroatoms. The van der Waals surface area contributed by atoms with Crippen molar-refractivity contribution < 1.29 is 13.9 Å². The molecule has 2 aromatic heterocycles. The first-order chi connectivity index (χ1) is 13.2. The lowest BCUT2D eigenvalue weighted by Crippen LogP contribution is -2.36. The van der Waals surface area contributed by atoms with Gasteiger partial charge in [0.05, 0.1) is 17.2 Å². The van der Waals surface area contributed by atoms with Gasteiger partial charge in [-0.25, -0.2) is 9.37 Å². The highest BCUT2D eigenvalue weighted by molar-refractivity contribution is 7.21. The first-order valence-electron chi connectivity index (χ1n) is 8.84. The summed E-state index contributed by atoms with van der Waals surface area (Å²) in [4.78, 5) is 20.9. The molecule has 27 heavy (non-hydrogen) atoms. The molecule has 1 aliphatic heterocycles. The Hall–Kier alpha value is -2.09. The summed E-state index contributed by atoms with van der Waals surface area (Å²) in [6.45, 7) is 1.58. The number of aromatic nitrogens is 1. The Morgan fingerprint density at radius 2 is 2.26 bits per heavy atom. The summed E-state index contributed by atoms with van der Waals surface area (Å²) in [5.74, 6) is -0.384. The molecule has 140 valence electrons. The molecular weight excluding hydrogens is 383 g/mol. The predicted octanol–water partition coefficient (Wildman–Crippen LogP) is 4.83. The van der Waals surface area contributed by atoms with E-state index in [0.29, 0.717) is 18.0 Å². The highest BCUT2D eigenvalue weighted by atomic mass is 32.1. The Morgan fingerprint density at radius 3 is 3.00 bits per heavy atom. The lowest BCUT2D eigenvalue weighted by atomic mass is 10.1. The summed E-state index contributed by atoms with van der Waals surface area (Å²) in [5, 5.41) is 2.84. The highest BCUT2D eigenvalue weighted by Crippen LogP contribution is 2.30. The van der Waals surface area contributed by atoms with E-state index in [9.17, 15) is 9.18 Å². The molecule has 1 unspecified atom stereocenters. The van der Waals surface area contributed by atoms with Crippen LogP contribution in [0.25, 0.3) is 9.88 Å². The fraction of sp³-hybridized carbons (Fsp3) is 0.300. The van der Waals surface area contributed by atoms with Crippen molar-refractivity contribution in [1.82, 2.24) is 9.88 Å². The van der Waals surface area contributed by atoms with Crippen LogP contribution in [-0.4, -0.2) is 35.0 Å². The van der Waals surface area contributed by atoms with Gasteiger partial charge in [-0.2, -0.15) is 0 Å².